The van der Waals surface area contributed by atoms with Crippen LogP contribution in [0.1, 0.15) is 96.5 Å². The van der Waals surface area contributed by atoms with Gasteiger partial charge in [-0.15, -0.1) is 0 Å². The second-order valence-electron chi connectivity index (χ2n) is 10.7. The van der Waals surface area contributed by atoms with Gasteiger partial charge in [0.2, 0.25) is 0 Å². The molecule has 0 bridgehead atoms. The lowest BCUT2D eigenvalue weighted by atomic mass is 10.0. The van der Waals surface area contributed by atoms with Crippen molar-refractivity contribution < 1.29 is 18.7 Å². The highest BCUT2D eigenvalue weighted by molar-refractivity contribution is 5.87. The summed E-state index contributed by atoms with van der Waals surface area (Å²) in [5.74, 6) is 0.332. The number of hydrogen-bond donors (Lipinski definition) is 0. The van der Waals surface area contributed by atoms with Gasteiger partial charge in [-0.1, -0.05) is 108 Å². The number of ether oxygens (including phenoxy) is 2. The minimum absolute atomic E-state index is 0.294. The number of benzene rings is 2. The Labute approximate surface area is 239 Å². The zero-order valence-electron chi connectivity index (χ0n) is 24.5. The fourth-order valence-corrected chi connectivity index (χ4v) is 4.77. The Balaban J connectivity index is 1.36. The molecule has 0 saturated heterocycles. The lowest BCUT2D eigenvalue weighted by molar-refractivity contribution is -0.139. The molecule has 0 aliphatic heterocycles. The van der Waals surface area contributed by atoms with E-state index in [2.05, 4.69) is 25.6 Å². The summed E-state index contributed by atoms with van der Waals surface area (Å²) in [6.45, 7) is 8.55. The van der Waals surface area contributed by atoms with E-state index in [9.17, 15) is 9.59 Å². The quantitative estimate of drug-likeness (QED) is 0.0649. The SMILES string of the molecule is C=C(C)C(=O)OCCCCCCCCCCCOc1cccc2cc(-c3ccc(CCCCC)cc3)c(=O)oc12. The standard InChI is InChI=1S/C35H46O5/c1-4-5-13-17-28-20-22-29(23-21-28)31-26-30-18-16-19-32(33(30)40-35(31)37)38-24-14-11-9-7-6-8-10-12-15-25-39-34(36)27(2)3/h16,18-23,26H,2,4-15,17,24-25H2,1,3H3. The van der Waals surface area contributed by atoms with Gasteiger partial charge >= 0.3 is 11.6 Å². The number of hydrogen-bond acceptors (Lipinski definition) is 5. The Morgan fingerprint density at radius 1 is 0.825 bits per heavy atom. The van der Waals surface area contributed by atoms with Crippen LogP contribution in [0.2, 0.25) is 0 Å². The van der Waals surface area contributed by atoms with Crippen molar-refractivity contribution in [3.05, 3.63) is 76.7 Å². The smallest absolute Gasteiger partial charge is 0.344 e. The van der Waals surface area contributed by atoms with Crippen molar-refractivity contribution in [1.82, 2.24) is 0 Å². The molecule has 0 amide bonds. The average molecular weight is 547 g/mol. The first-order valence-corrected chi connectivity index (χ1v) is 15.1. The molecule has 1 heterocycles. The first kappa shape index (κ1) is 31.2. The summed E-state index contributed by atoms with van der Waals surface area (Å²) < 4.78 is 16.9. The zero-order chi connectivity index (χ0) is 28.6. The molecule has 0 unspecified atom stereocenters. The summed E-state index contributed by atoms with van der Waals surface area (Å²) in [6.07, 6.45) is 14.8. The zero-order valence-corrected chi connectivity index (χ0v) is 24.5. The molecular formula is C35H46O5. The van der Waals surface area contributed by atoms with Gasteiger partial charge in [-0.3, -0.25) is 0 Å². The summed E-state index contributed by atoms with van der Waals surface area (Å²) in [4.78, 5) is 24.2. The van der Waals surface area contributed by atoms with Crippen LogP contribution in [0.15, 0.2) is 69.9 Å². The summed E-state index contributed by atoms with van der Waals surface area (Å²) in [7, 11) is 0. The number of unbranched alkanes of at least 4 members (excludes halogenated alkanes) is 10. The van der Waals surface area contributed by atoms with Crippen molar-refractivity contribution in [1.29, 1.82) is 0 Å². The maximum absolute atomic E-state index is 12.9. The van der Waals surface area contributed by atoms with Crippen molar-refractivity contribution in [2.75, 3.05) is 13.2 Å². The molecule has 2 aromatic carbocycles. The second-order valence-corrected chi connectivity index (χ2v) is 10.7. The van der Waals surface area contributed by atoms with Crippen molar-refractivity contribution >= 4 is 16.9 Å². The molecular weight excluding hydrogens is 500 g/mol. The van der Waals surface area contributed by atoms with E-state index in [-0.39, 0.29) is 11.6 Å². The van der Waals surface area contributed by atoms with Crippen molar-refractivity contribution in [2.45, 2.75) is 97.3 Å². The van der Waals surface area contributed by atoms with Crippen LogP contribution >= 0.6 is 0 Å². The molecule has 216 valence electrons. The molecule has 3 rings (SSSR count). The maximum Gasteiger partial charge on any atom is 0.344 e. The first-order valence-electron chi connectivity index (χ1n) is 15.1. The average Bonchev–Trinajstić information content (AvgIpc) is 2.95. The third kappa shape index (κ3) is 10.3. The van der Waals surface area contributed by atoms with Crippen LogP contribution in [-0.2, 0) is 16.0 Å². The van der Waals surface area contributed by atoms with Gasteiger partial charge < -0.3 is 13.9 Å². The molecule has 0 spiro atoms. The molecule has 5 heteroatoms. The minimum Gasteiger partial charge on any atom is -0.490 e. The Morgan fingerprint density at radius 2 is 1.48 bits per heavy atom. The van der Waals surface area contributed by atoms with E-state index in [0.717, 1.165) is 43.1 Å². The van der Waals surface area contributed by atoms with Crippen LogP contribution in [0, 0.1) is 0 Å². The Hall–Kier alpha value is -3.34. The van der Waals surface area contributed by atoms with E-state index >= 15 is 0 Å². The van der Waals surface area contributed by atoms with Crippen LogP contribution in [0.3, 0.4) is 0 Å². The molecule has 0 radical (unpaired) electrons. The fraction of sp³-hybridized carbons (Fsp3) is 0.486. The van der Waals surface area contributed by atoms with Crippen molar-refractivity contribution in [3.8, 4) is 16.9 Å². The van der Waals surface area contributed by atoms with Crippen molar-refractivity contribution in [3.63, 3.8) is 0 Å². The number of esters is 1. The molecule has 0 aliphatic rings. The number of para-hydroxylation sites is 1. The third-order valence-corrected chi connectivity index (χ3v) is 7.19. The molecule has 40 heavy (non-hydrogen) atoms. The third-order valence-electron chi connectivity index (χ3n) is 7.19. The van der Waals surface area contributed by atoms with Crippen LogP contribution in [-0.4, -0.2) is 19.2 Å². The topological polar surface area (TPSA) is 65.7 Å². The van der Waals surface area contributed by atoms with Gasteiger partial charge in [-0.25, -0.2) is 9.59 Å². The van der Waals surface area contributed by atoms with E-state index in [1.807, 2.05) is 36.4 Å². The largest absolute Gasteiger partial charge is 0.490 e. The molecule has 0 atom stereocenters. The van der Waals surface area contributed by atoms with Gasteiger partial charge in [0, 0.05) is 11.0 Å². The van der Waals surface area contributed by atoms with Crippen LogP contribution in [0.5, 0.6) is 5.75 Å². The number of carbonyl (C=O) groups is 1. The number of fused-ring (bicyclic) bond motifs is 1. The highest BCUT2D eigenvalue weighted by Crippen LogP contribution is 2.28. The van der Waals surface area contributed by atoms with Crippen LogP contribution < -0.4 is 10.4 Å². The van der Waals surface area contributed by atoms with E-state index in [1.54, 1.807) is 6.92 Å². The molecule has 0 aliphatic carbocycles. The first-order chi connectivity index (χ1) is 19.5. The van der Waals surface area contributed by atoms with Gasteiger partial charge in [-0.2, -0.15) is 0 Å². The van der Waals surface area contributed by atoms with Gasteiger partial charge in [0.15, 0.2) is 11.3 Å². The summed E-state index contributed by atoms with van der Waals surface area (Å²) in [5, 5.41) is 0.869. The van der Waals surface area contributed by atoms with E-state index in [4.69, 9.17) is 13.9 Å². The Bertz CT molecular complexity index is 1260. The predicted molar refractivity (Wildman–Crippen MR) is 164 cm³/mol. The van der Waals surface area contributed by atoms with Gasteiger partial charge in [0.05, 0.1) is 18.8 Å². The maximum atomic E-state index is 12.9. The predicted octanol–water partition coefficient (Wildman–Crippen LogP) is 9.20. The Kier molecular flexibility index (Phi) is 13.5. The minimum atomic E-state index is -0.338. The molecule has 5 nitrogen and oxygen atoms in total. The summed E-state index contributed by atoms with van der Waals surface area (Å²) in [5.41, 5.74) is 3.39. The van der Waals surface area contributed by atoms with E-state index in [1.165, 1.54) is 56.9 Å². The van der Waals surface area contributed by atoms with Gasteiger partial charge in [0.1, 0.15) is 0 Å². The lowest BCUT2D eigenvalue weighted by Gasteiger charge is -2.10. The van der Waals surface area contributed by atoms with Gasteiger partial charge in [0.25, 0.3) is 0 Å². The molecule has 1 aromatic heterocycles. The monoisotopic (exact) mass is 546 g/mol. The van der Waals surface area contributed by atoms with Gasteiger partial charge in [-0.05, 0) is 55.9 Å². The number of rotatable bonds is 19. The lowest BCUT2D eigenvalue weighted by Crippen LogP contribution is -2.05. The highest BCUT2D eigenvalue weighted by atomic mass is 16.5. The second kappa shape index (κ2) is 17.4. The van der Waals surface area contributed by atoms with E-state index < -0.39 is 0 Å². The number of carbonyl (C=O) groups excluding carboxylic acids is 1. The summed E-state index contributed by atoms with van der Waals surface area (Å²) >= 11 is 0. The molecule has 3 aromatic rings. The molecule has 0 saturated carbocycles. The van der Waals surface area contributed by atoms with Crippen LogP contribution in [0.25, 0.3) is 22.1 Å². The highest BCUT2D eigenvalue weighted by Gasteiger charge is 2.12. The normalized spacial score (nSPS) is 11.1. The van der Waals surface area contributed by atoms with Crippen molar-refractivity contribution in [2.24, 2.45) is 0 Å². The fourth-order valence-electron chi connectivity index (χ4n) is 4.77. The summed E-state index contributed by atoms with van der Waals surface area (Å²) in [6, 6.07) is 16.0. The Morgan fingerprint density at radius 3 is 2.12 bits per heavy atom. The molecule has 0 N–H and O–H groups in total. The number of aryl methyl sites for hydroxylation is 1. The van der Waals surface area contributed by atoms with E-state index in [0.29, 0.717) is 35.7 Å². The van der Waals surface area contributed by atoms with Crippen LogP contribution in [0.4, 0.5) is 0 Å². The molecule has 0 fully saturated rings.